The second kappa shape index (κ2) is 3.93. The molecule has 0 aromatic carbocycles. The summed E-state index contributed by atoms with van der Waals surface area (Å²) in [5.41, 5.74) is 0. The van der Waals surface area contributed by atoms with Crippen LogP contribution in [0.3, 0.4) is 0 Å². The van der Waals surface area contributed by atoms with E-state index >= 15 is 0 Å². The van der Waals surface area contributed by atoms with E-state index in [0.717, 1.165) is 0 Å². The van der Waals surface area contributed by atoms with Crippen molar-refractivity contribution in [3.05, 3.63) is 15.3 Å². The smallest absolute Gasteiger partial charge is 0.235 e. The molecule has 0 aromatic heterocycles. The Kier molecular flexibility index (Phi) is 6.97. The standard InChI is InChI=1S/H2I.NO3/c;2-1(3)4/h1H2;/q+1;-1. The molecule has 0 atom stereocenters. The Morgan fingerprint density at radius 3 is 1.40 bits per heavy atom. The van der Waals surface area contributed by atoms with Gasteiger partial charge in [0.2, 0.25) is 24.0 Å². The third-order valence-electron chi connectivity index (χ3n) is 0. The lowest BCUT2D eigenvalue weighted by atomic mass is 13.1. The van der Waals surface area contributed by atoms with Crippen LogP contribution in [0.5, 0.6) is 0 Å². The van der Waals surface area contributed by atoms with Crippen molar-refractivity contribution in [2.45, 2.75) is 0 Å². The van der Waals surface area contributed by atoms with Crippen LogP contribution in [0.25, 0.3) is 0 Å². The summed E-state index contributed by atoms with van der Waals surface area (Å²) in [5, 5.41) is 14.8. The maximum atomic E-state index is 8.25. The molecule has 0 N–H and O–H groups in total. The van der Waals surface area contributed by atoms with E-state index in [9.17, 15) is 0 Å². The first kappa shape index (κ1) is 8.87. The molecule has 0 bridgehead atoms. The number of hydrogen-bond acceptors (Lipinski definition) is 3. The zero-order valence-corrected chi connectivity index (χ0v) is 4.67. The number of nitrogens with zero attached hydrogens (tertiary/aromatic N) is 1. The van der Waals surface area contributed by atoms with Gasteiger partial charge >= 0.3 is 0 Å². The van der Waals surface area contributed by atoms with Gasteiger partial charge in [0.25, 0.3) is 0 Å². The van der Waals surface area contributed by atoms with Crippen molar-refractivity contribution in [1.82, 2.24) is 0 Å². The number of hydrogen-bond donors (Lipinski definition) is 0. The van der Waals surface area contributed by atoms with Crippen LogP contribution in [0.2, 0.25) is 0 Å². The van der Waals surface area contributed by atoms with Crippen LogP contribution in [-0.4, -0.2) is 5.09 Å². The van der Waals surface area contributed by atoms with Gasteiger partial charge in [-0.05, 0) is 0 Å². The van der Waals surface area contributed by atoms with E-state index < -0.39 is 5.09 Å². The van der Waals surface area contributed by atoms with Crippen molar-refractivity contribution >= 4 is 0 Å². The highest BCUT2D eigenvalue weighted by Crippen LogP contribution is 1.44. The minimum Gasteiger partial charge on any atom is -0.356 e. The van der Waals surface area contributed by atoms with E-state index in [0.29, 0.717) is 0 Å². The minimum absolute atomic E-state index is 0. The van der Waals surface area contributed by atoms with Crippen molar-refractivity contribution in [1.29, 1.82) is 0 Å². The predicted molar refractivity (Wildman–Crippen MR) is 13.2 cm³/mol. The van der Waals surface area contributed by atoms with Gasteiger partial charge in [-0.25, -0.2) is 0 Å². The summed E-state index contributed by atoms with van der Waals surface area (Å²) in [6.07, 6.45) is 0. The maximum Gasteiger partial charge on any atom is 0.235 e. The highest BCUT2D eigenvalue weighted by Gasteiger charge is 1.45. The van der Waals surface area contributed by atoms with Gasteiger partial charge in [-0.1, -0.05) is 0 Å². The molecule has 0 aromatic rings. The van der Waals surface area contributed by atoms with E-state index in [1.54, 1.807) is 0 Å². The largest absolute Gasteiger partial charge is 0.356 e. The Morgan fingerprint density at radius 1 is 1.40 bits per heavy atom. The summed E-state index contributed by atoms with van der Waals surface area (Å²) >= 11 is 0. The molecule has 0 aliphatic heterocycles. The number of rotatable bonds is 0. The summed E-state index contributed by atoms with van der Waals surface area (Å²) in [4.78, 5) is 8.25. The molecule has 0 amide bonds. The van der Waals surface area contributed by atoms with E-state index in [-0.39, 0.29) is 24.0 Å². The van der Waals surface area contributed by atoms with Crippen molar-refractivity contribution in [2.75, 3.05) is 0 Å². The van der Waals surface area contributed by atoms with Crippen molar-refractivity contribution < 1.29 is 29.1 Å². The van der Waals surface area contributed by atoms with E-state index in [1.807, 2.05) is 0 Å². The second-order valence-corrected chi connectivity index (χ2v) is 0.224. The minimum atomic E-state index is -1.75. The van der Waals surface area contributed by atoms with Crippen LogP contribution in [-0.2, 0) is 0 Å². The van der Waals surface area contributed by atoms with Crippen LogP contribution >= 0.6 is 0 Å². The van der Waals surface area contributed by atoms with Gasteiger partial charge in [0.1, 0.15) is 0 Å². The molecule has 0 spiro atoms. The van der Waals surface area contributed by atoms with Crippen LogP contribution < -0.4 is 24.0 Å². The van der Waals surface area contributed by atoms with Crippen LogP contribution in [0.15, 0.2) is 0 Å². The van der Waals surface area contributed by atoms with Gasteiger partial charge in [0.05, 0.1) is 5.09 Å². The Bertz CT molecular complexity index is 29.9. The van der Waals surface area contributed by atoms with Gasteiger partial charge in [-0.3, -0.25) is 0 Å². The average Bonchev–Trinajstić information content (AvgIpc) is 0.811. The monoisotopic (exact) mass is 191 g/mol. The van der Waals surface area contributed by atoms with Gasteiger partial charge < -0.3 is 15.3 Å². The SMILES string of the molecule is O=[N+]([O-])[O-].[IH2+]. The van der Waals surface area contributed by atoms with Crippen LogP contribution in [0.4, 0.5) is 0 Å². The second-order valence-electron chi connectivity index (χ2n) is 0.224. The molecule has 5 heavy (non-hydrogen) atoms. The van der Waals surface area contributed by atoms with Gasteiger partial charge in [0.15, 0.2) is 0 Å². The van der Waals surface area contributed by atoms with Crippen molar-refractivity contribution in [3.63, 3.8) is 0 Å². The lowest BCUT2D eigenvalue weighted by molar-refractivity contribution is -0.402. The Balaban J connectivity index is 0. The average molecular weight is 191 g/mol. The van der Waals surface area contributed by atoms with E-state index in [1.165, 1.54) is 0 Å². The van der Waals surface area contributed by atoms with Crippen LogP contribution in [0.1, 0.15) is 0 Å². The quantitative estimate of drug-likeness (QED) is 0.224. The lowest BCUT2D eigenvalue weighted by Crippen LogP contribution is -3.00. The highest BCUT2D eigenvalue weighted by molar-refractivity contribution is 4.03. The molecule has 0 aliphatic carbocycles. The first-order valence-electron chi connectivity index (χ1n) is 0.548. The van der Waals surface area contributed by atoms with Gasteiger partial charge in [0, 0.05) is 0 Å². The molecular formula is H2INO3. The Hall–Kier alpha value is -0.0700. The molecule has 0 unspecified atom stereocenters. The molecule has 0 heterocycles. The highest BCUT2D eigenvalue weighted by atomic mass is 127. The third-order valence-corrected chi connectivity index (χ3v) is 0. The molecule has 0 aliphatic rings. The topological polar surface area (TPSA) is 66.2 Å². The third kappa shape index (κ3) is 2990. The van der Waals surface area contributed by atoms with Gasteiger partial charge in [-0.15, -0.1) is 0 Å². The van der Waals surface area contributed by atoms with Crippen LogP contribution in [0, 0.1) is 15.3 Å². The normalized spacial score (nSPS) is 4.80. The molecule has 0 fully saturated rings. The molecule has 0 rings (SSSR count). The summed E-state index contributed by atoms with van der Waals surface area (Å²) in [6.45, 7) is 0. The zero-order chi connectivity index (χ0) is 3.58. The van der Waals surface area contributed by atoms with E-state index in [2.05, 4.69) is 0 Å². The fourth-order valence-electron chi connectivity index (χ4n) is 0. The summed E-state index contributed by atoms with van der Waals surface area (Å²) in [6, 6.07) is 0. The molecule has 0 saturated heterocycles. The first-order chi connectivity index (χ1) is 1.73. The summed E-state index contributed by atoms with van der Waals surface area (Å²) in [5.74, 6) is 0. The Labute approximate surface area is 44.9 Å². The fraction of sp³-hybridized carbons (Fsp3) is 0. The lowest BCUT2D eigenvalue weighted by Gasteiger charge is -1.74. The maximum absolute atomic E-state index is 8.25. The molecule has 5 heteroatoms. The van der Waals surface area contributed by atoms with Gasteiger partial charge in [-0.2, -0.15) is 0 Å². The zero-order valence-electron chi connectivity index (χ0n) is 2.12. The van der Waals surface area contributed by atoms with E-state index in [4.69, 9.17) is 15.3 Å². The molecule has 4 nitrogen and oxygen atoms in total. The van der Waals surface area contributed by atoms with Crippen molar-refractivity contribution in [2.24, 2.45) is 0 Å². The fourth-order valence-corrected chi connectivity index (χ4v) is 0. The molecule has 0 saturated carbocycles. The molecule has 32 valence electrons. The molecular weight excluding hydrogens is 189 g/mol. The summed E-state index contributed by atoms with van der Waals surface area (Å²) in [7, 11) is 0. The van der Waals surface area contributed by atoms with Crippen molar-refractivity contribution in [3.8, 4) is 0 Å². The Morgan fingerprint density at radius 2 is 1.40 bits per heavy atom. The predicted octanol–water partition coefficient (Wildman–Crippen LogP) is -3.77. The number of halogens is 1. The first-order valence-corrected chi connectivity index (χ1v) is 0.548. The molecule has 0 radical (unpaired) electrons. The summed E-state index contributed by atoms with van der Waals surface area (Å²) < 4.78 is 0.